The van der Waals surface area contributed by atoms with E-state index in [1.165, 1.54) is 25.9 Å². The molecule has 4 heteroatoms. The molecule has 0 spiro atoms. The number of hydrogen-bond donors (Lipinski definition) is 1. The average molecular weight is 345 g/mol. The zero-order valence-corrected chi connectivity index (χ0v) is 14.8. The number of carbonyl (C=O) groups is 1. The van der Waals surface area contributed by atoms with E-state index < -0.39 is 0 Å². The van der Waals surface area contributed by atoms with Gasteiger partial charge in [-0.2, -0.15) is 5.10 Å². The number of piperidine rings is 3. The van der Waals surface area contributed by atoms with Crippen LogP contribution < -0.4 is 0 Å². The normalized spacial score (nSPS) is 24.8. The van der Waals surface area contributed by atoms with Crippen molar-refractivity contribution in [3.63, 3.8) is 0 Å². The summed E-state index contributed by atoms with van der Waals surface area (Å²) in [5, 5.41) is 8.35. The number of nitrogens with zero attached hydrogens (tertiary/aromatic N) is 2. The molecule has 3 saturated heterocycles. The summed E-state index contributed by atoms with van der Waals surface area (Å²) < 4.78 is 0. The van der Waals surface area contributed by atoms with Crippen molar-refractivity contribution >= 4 is 16.7 Å². The molecular formula is C22H23N3O. The van der Waals surface area contributed by atoms with E-state index in [0.717, 1.165) is 28.6 Å². The lowest BCUT2D eigenvalue weighted by molar-refractivity contribution is 0.0440. The molecule has 2 aromatic carbocycles. The first-order chi connectivity index (χ1) is 12.8. The molecule has 4 nitrogen and oxygen atoms in total. The smallest absolute Gasteiger partial charge is 0.184 e. The highest BCUT2D eigenvalue weighted by Gasteiger charge is 2.35. The van der Waals surface area contributed by atoms with Crippen LogP contribution in [0.4, 0.5) is 0 Å². The van der Waals surface area contributed by atoms with Gasteiger partial charge in [0.1, 0.15) is 5.69 Å². The van der Waals surface area contributed by atoms with Crippen LogP contribution in [0.5, 0.6) is 0 Å². The van der Waals surface area contributed by atoms with Crippen molar-refractivity contribution in [1.29, 1.82) is 0 Å². The maximum Gasteiger partial charge on any atom is 0.184 e. The lowest BCUT2D eigenvalue weighted by atomic mass is 9.76. The van der Waals surface area contributed by atoms with Gasteiger partial charge >= 0.3 is 0 Å². The zero-order valence-electron chi connectivity index (χ0n) is 14.8. The van der Waals surface area contributed by atoms with Crippen LogP contribution in [0.25, 0.3) is 22.0 Å². The van der Waals surface area contributed by atoms with Crippen molar-refractivity contribution in [3.05, 3.63) is 54.2 Å². The Morgan fingerprint density at radius 1 is 1.08 bits per heavy atom. The molecule has 0 saturated carbocycles. The summed E-state index contributed by atoms with van der Waals surface area (Å²) in [6.07, 6.45) is 3.12. The fourth-order valence-electron chi connectivity index (χ4n) is 4.69. The molecule has 0 amide bonds. The number of rotatable bonds is 4. The molecule has 1 N–H and O–H groups in total. The highest BCUT2D eigenvalue weighted by atomic mass is 16.1. The zero-order chi connectivity index (χ0) is 17.5. The summed E-state index contributed by atoms with van der Waals surface area (Å²) in [5.41, 5.74) is 3.82. The van der Waals surface area contributed by atoms with Gasteiger partial charge in [0.15, 0.2) is 5.78 Å². The Balaban J connectivity index is 1.44. The molecule has 4 heterocycles. The molecule has 1 aromatic heterocycles. The largest absolute Gasteiger partial charge is 0.303 e. The maximum atomic E-state index is 13.0. The fourth-order valence-corrected chi connectivity index (χ4v) is 4.69. The minimum Gasteiger partial charge on any atom is -0.303 e. The van der Waals surface area contributed by atoms with Crippen LogP contribution in [-0.2, 0) is 0 Å². The average Bonchev–Trinajstić information content (AvgIpc) is 3.13. The predicted octanol–water partition coefficient (Wildman–Crippen LogP) is 4.14. The SMILES string of the molecule is O=C(C[C@H]1CN2CCC1CC2)c1n[nH]c2ccc(-c3ccccc3)cc12. The third-order valence-corrected chi connectivity index (χ3v) is 6.17. The lowest BCUT2D eigenvalue weighted by Gasteiger charge is -2.44. The quantitative estimate of drug-likeness (QED) is 0.723. The standard InChI is InChI=1S/C22H23N3O/c26-21(13-18-14-25-10-8-16(18)9-11-25)22-19-12-17(6-7-20(19)23-24-22)15-4-2-1-3-5-15/h1-7,12,16,18H,8-11,13-14H2,(H,23,24)/t18-/m0/s1. The Bertz CT molecular complexity index is 938. The Kier molecular flexibility index (Phi) is 3.86. The van der Waals surface area contributed by atoms with Gasteiger partial charge < -0.3 is 4.90 Å². The lowest BCUT2D eigenvalue weighted by Crippen LogP contribution is -2.47. The first-order valence-electron chi connectivity index (χ1n) is 9.57. The molecule has 6 rings (SSSR count). The Labute approximate surface area is 153 Å². The Hall–Kier alpha value is -2.46. The minimum atomic E-state index is 0.181. The Morgan fingerprint density at radius 3 is 2.62 bits per heavy atom. The highest BCUT2D eigenvalue weighted by Crippen LogP contribution is 2.35. The minimum absolute atomic E-state index is 0.181. The van der Waals surface area contributed by atoms with Crippen LogP contribution in [0.1, 0.15) is 29.8 Å². The van der Waals surface area contributed by atoms with Crippen molar-refractivity contribution in [2.45, 2.75) is 19.3 Å². The highest BCUT2D eigenvalue weighted by molar-refractivity contribution is 6.06. The van der Waals surface area contributed by atoms with E-state index in [1.54, 1.807) is 0 Å². The van der Waals surface area contributed by atoms with Crippen LogP contribution in [0.2, 0.25) is 0 Å². The summed E-state index contributed by atoms with van der Waals surface area (Å²) in [7, 11) is 0. The molecular weight excluding hydrogens is 322 g/mol. The second kappa shape index (κ2) is 6.36. The molecule has 3 fully saturated rings. The molecule has 26 heavy (non-hydrogen) atoms. The van der Waals surface area contributed by atoms with Gasteiger partial charge in [0.2, 0.25) is 0 Å². The summed E-state index contributed by atoms with van der Waals surface area (Å²) in [6.45, 7) is 3.50. The van der Waals surface area contributed by atoms with Gasteiger partial charge in [-0.05, 0) is 61.0 Å². The maximum absolute atomic E-state index is 13.0. The summed E-state index contributed by atoms with van der Waals surface area (Å²) in [6, 6.07) is 16.5. The van der Waals surface area contributed by atoms with Gasteiger partial charge in [-0.25, -0.2) is 0 Å². The fraction of sp³-hybridized carbons (Fsp3) is 0.364. The molecule has 0 aliphatic carbocycles. The number of aromatic amines is 1. The number of hydrogen-bond acceptors (Lipinski definition) is 3. The van der Waals surface area contributed by atoms with E-state index in [-0.39, 0.29) is 5.78 Å². The van der Waals surface area contributed by atoms with Gasteiger partial charge in [0.25, 0.3) is 0 Å². The molecule has 132 valence electrons. The molecule has 0 unspecified atom stereocenters. The molecule has 3 aliphatic heterocycles. The van der Waals surface area contributed by atoms with Crippen molar-refractivity contribution in [2.24, 2.45) is 11.8 Å². The number of Topliss-reactive ketones (excluding diaryl/α,β-unsaturated/α-hetero) is 1. The third-order valence-electron chi connectivity index (χ3n) is 6.17. The number of benzene rings is 2. The number of H-pyrrole nitrogens is 1. The van der Waals surface area contributed by atoms with E-state index in [4.69, 9.17) is 0 Å². The summed E-state index contributed by atoms with van der Waals surface area (Å²) >= 11 is 0. The van der Waals surface area contributed by atoms with Crippen molar-refractivity contribution in [3.8, 4) is 11.1 Å². The monoisotopic (exact) mass is 345 g/mol. The van der Waals surface area contributed by atoms with Gasteiger partial charge in [-0.3, -0.25) is 9.89 Å². The number of aromatic nitrogens is 2. The van der Waals surface area contributed by atoms with Crippen LogP contribution in [-0.4, -0.2) is 40.5 Å². The van der Waals surface area contributed by atoms with E-state index in [0.29, 0.717) is 24.0 Å². The van der Waals surface area contributed by atoms with Crippen LogP contribution >= 0.6 is 0 Å². The number of nitrogens with one attached hydrogen (secondary N) is 1. The van der Waals surface area contributed by atoms with Gasteiger partial charge in [-0.15, -0.1) is 0 Å². The molecule has 3 aliphatic rings. The van der Waals surface area contributed by atoms with Crippen LogP contribution in [0, 0.1) is 11.8 Å². The van der Waals surface area contributed by atoms with Crippen LogP contribution in [0.3, 0.4) is 0 Å². The molecule has 2 bridgehead atoms. The van der Waals surface area contributed by atoms with Crippen molar-refractivity contribution in [1.82, 2.24) is 15.1 Å². The topological polar surface area (TPSA) is 49.0 Å². The molecule has 0 radical (unpaired) electrons. The van der Waals surface area contributed by atoms with E-state index in [1.807, 2.05) is 24.3 Å². The molecule has 1 atom stereocenters. The Morgan fingerprint density at radius 2 is 1.88 bits per heavy atom. The van der Waals surface area contributed by atoms with Crippen molar-refractivity contribution in [2.75, 3.05) is 19.6 Å². The second-order valence-electron chi connectivity index (χ2n) is 7.72. The summed E-state index contributed by atoms with van der Waals surface area (Å²) in [4.78, 5) is 15.5. The molecule has 3 aromatic rings. The van der Waals surface area contributed by atoms with Gasteiger partial charge in [0.05, 0.1) is 5.52 Å². The summed E-state index contributed by atoms with van der Waals surface area (Å²) in [5.74, 6) is 1.39. The number of carbonyl (C=O) groups excluding carboxylic acids is 1. The predicted molar refractivity (Wildman–Crippen MR) is 103 cm³/mol. The number of ketones is 1. The van der Waals surface area contributed by atoms with Crippen molar-refractivity contribution < 1.29 is 4.79 Å². The first-order valence-corrected chi connectivity index (χ1v) is 9.57. The van der Waals surface area contributed by atoms with E-state index in [2.05, 4.69) is 39.4 Å². The second-order valence-corrected chi connectivity index (χ2v) is 7.72. The van der Waals surface area contributed by atoms with Gasteiger partial charge in [0, 0.05) is 18.4 Å². The van der Waals surface area contributed by atoms with Crippen LogP contribution in [0.15, 0.2) is 48.5 Å². The third kappa shape index (κ3) is 2.74. The van der Waals surface area contributed by atoms with Gasteiger partial charge in [-0.1, -0.05) is 36.4 Å². The van der Waals surface area contributed by atoms with E-state index >= 15 is 0 Å². The first kappa shape index (κ1) is 15.8. The van der Waals surface area contributed by atoms with E-state index in [9.17, 15) is 4.79 Å². The number of fused-ring (bicyclic) bond motifs is 4.